The Morgan fingerprint density at radius 1 is 0.788 bits per heavy atom. The first-order valence-corrected chi connectivity index (χ1v) is 14.4. The van der Waals surface area contributed by atoms with Gasteiger partial charge in [-0.15, -0.1) is 0 Å². The third-order valence-electron chi connectivity index (χ3n) is 4.84. The van der Waals surface area contributed by atoms with Crippen molar-refractivity contribution in [2.24, 2.45) is 5.14 Å². The summed E-state index contributed by atoms with van der Waals surface area (Å²) in [4.78, 5) is -0.354. The second kappa shape index (κ2) is 9.53. The molecular weight excluding hydrogens is 508 g/mol. The van der Waals surface area contributed by atoms with E-state index in [-0.39, 0.29) is 32.5 Å². The monoisotopic (exact) mass is 528 g/mol. The molecule has 0 aliphatic carbocycles. The molecule has 0 saturated heterocycles. The normalized spacial score (nSPS) is 12.6. The van der Waals surface area contributed by atoms with Gasteiger partial charge in [0.1, 0.15) is 0 Å². The molecule has 0 radical (unpaired) electrons. The average molecular weight is 529 g/mol. The highest BCUT2D eigenvalue weighted by Crippen LogP contribution is 2.26. The molecule has 0 aliphatic rings. The lowest BCUT2D eigenvalue weighted by Gasteiger charge is -2.12. The largest absolute Gasteiger partial charge is 0.240 e. The van der Waals surface area contributed by atoms with E-state index in [1.807, 2.05) is 0 Å². The summed E-state index contributed by atoms with van der Waals surface area (Å²) in [6, 6.07) is 15.3. The van der Waals surface area contributed by atoms with Gasteiger partial charge in [-0.25, -0.2) is 35.1 Å². The van der Waals surface area contributed by atoms with Gasteiger partial charge in [-0.2, -0.15) is 0 Å². The standard InChI is InChI=1S/C21H21ClN2O6S3/c1-15-2-7-20(31(25,26)18-10-5-17(22)6-11-18)14-21(15)33(29,30)24-13-12-16-3-8-19(9-4-16)32(23,27)28/h2-11,14,24H,12-13H2,1H3,(H2,23,27,28). The minimum Gasteiger partial charge on any atom is -0.225 e. The number of sulfone groups is 1. The van der Waals surface area contributed by atoms with Gasteiger partial charge in [0.05, 0.1) is 19.6 Å². The maximum absolute atomic E-state index is 12.9. The second-order valence-corrected chi connectivity index (χ2v) is 12.9. The Kier molecular flexibility index (Phi) is 7.32. The van der Waals surface area contributed by atoms with Gasteiger partial charge in [0.15, 0.2) is 0 Å². The van der Waals surface area contributed by atoms with E-state index in [1.54, 1.807) is 19.1 Å². The fourth-order valence-corrected chi connectivity index (χ4v) is 6.34. The van der Waals surface area contributed by atoms with Crippen LogP contribution in [-0.4, -0.2) is 31.8 Å². The summed E-state index contributed by atoms with van der Waals surface area (Å²) < 4.78 is 76.7. The predicted molar refractivity (Wildman–Crippen MR) is 125 cm³/mol. The van der Waals surface area contributed by atoms with Crippen molar-refractivity contribution in [2.45, 2.75) is 32.9 Å². The number of halogens is 1. The van der Waals surface area contributed by atoms with Gasteiger partial charge in [0.25, 0.3) is 0 Å². The Morgan fingerprint density at radius 2 is 1.33 bits per heavy atom. The number of nitrogens with two attached hydrogens (primary N) is 1. The van der Waals surface area contributed by atoms with Crippen molar-refractivity contribution >= 4 is 41.5 Å². The van der Waals surface area contributed by atoms with Crippen molar-refractivity contribution in [1.29, 1.82) is 0 Å². The first-order valence-electron chi connectivity index (χ1n) is 9.53. The molecule has 3 rings (SSSR count). The van der Waals surface area contributed by atoms with Crippen LogP contribution in [0, 0.1) is 6.92 Å². The minimum atomic E-state index is -4.02. The molecule has 176 valence electrons. The molecular formula is C21H21ClN2O6S3. The molecule has 0 spiro atoms. The molecule has 12 heteroatoms. The Hall–Kier alpha value is -2.28. The van der Waals surface area contributed by atoms with Crippen LogP contribution in [0.25, 0.3) is 0 Å². The maximum atomic E-state index is 12.9. The van der Waals surface area contributed by atoms with Crippen LogP contribution in [0.5, 0.6) is 0 Å². The van der Waals surface area contributed by atoms with Crippen molar-refractivity contribution in [3.05, 3.63) is 82.9 Å². The molecule has 0 unspecified atom stereocenters. The van der Waals surface area contributed by atoms with E-state index in [0.29, 0.717) is 16.1 Å². The van der Waals surface area contributed by atoms with E-state index < -0.39 is 29.9 Å². The minimum absolute atomic E-state index is 0.00463. The lowest BCUT2D eigenvalue weighted by molar-refractivity contribution is 0.580. The summed E-state index contributed by atoms with van der Waals surface area (Å²) in [6.07, 6.45) is 0.284. The molecule has 0 atom stereocenters. The van der Waals surface area contributed by atoms with Gasteiger partial charge in [-0.05, 0) is 73.0 Å². The summed E-state index contributed by atoms with van der Waals surface area (Å²) in [5.41, 5.74) is 1.08. The molecule has 33 heavy (non-hydrogen) atoms. The zero-order valence-corrected chi connectivity index (χ0v) is 20.6. The van der Waals surface area contributed by atoms with Gasteiger partial charge in [0.2, 0.25) is 29.9 Å². The van der Waals surface area contributed by atoms with Crippen molar-refractivity contribution < 1.29 is 25.3 Å². The average Bonchev–Trinajstić information content (AvgIpc) is 2.73. The van der Waals surface area contributed by atoms with Gasteiger partial charge in [0, 0.05) is 11.6 Å². The summed E-state index contributed by atoms with van der Waals surface area (Å²) in [7, 11) is -11.8. The van der Waals surface area contributed by atoms with E-state index in [2.05, 4.69) is 4.72 Å². The fourth-order valence-electron chi connectivity index (χ4n) is 3.04. The third-order valence-corrected chi connectivity index (χ3v) is 9.39. The molecule has 3 aromatic carbocycles. The van der Waals surface area contributed by atoms with Crippen LogP contribution >= 0.6 is 11.6 Å². The number of nitrogens with one attached hydrogen (secondary N) is 1. The highest BCUT2D eigenvalue weighted by atomic mass is 35.5. The highest BCUT2D eigenvalue weighted by Gasteiger charge is 2.23. The van der Waals surface area contributed by atoms with Crippen molar-refractivity contribution in [2.75, 3.05) is 6.54 Å². The van der Waals surface area contributed by atoms with Crippen LogP contribution in [0.2, 0.25) is 5.02 Å². The van der Waals surface area contributed by atoms with Crippen LogP contribution in [0.3, 0.4) is 0 Å². The van der Waals surface area contributed by atoms with Gasteiger partial charge in [-0.3, -0.25) is 0 Å². The number of sulfonamides is 2. The van der Waals surface area contributed by atoms with E-state index in [0.717, 1.165) is 6.07 Å². The summed E-state index contributed by atoms with van der Waals surface area (Å²) >= 11 is 5.82. The van der Waals surface area contributed by atoms with Crippen LogP contribution in [0.1, 0.15) is 11.1 Å². The molecule has 0 aliphatic heterocycles. The SMILES string of the molecule is Cc1ccc(S(=O)(=O)c2ccc(Cl)cc2)cc1S(=O)(=O)NCCc1ccc(S(N)(=O)=O)cc1. The molecule has 8 nitrogen and oxygen atoms in total. The molecule has 0 saturated carbocycles. The quantitative estimate of drug-likeness (QED) is 0.460. The molecule has 0 heterocycles. The lowest BCUT2D eigenvalue weighted by Crippen LogP contribution is -2.27. The summed E-state index contributed by atoms with van der Waals surface area (Å²) in [6.45, 7) is 1.59. The second-order valence-electron chi connectivity index (χ2n) is 7.22. The lowest BCUT2D eigenvalue weighted by atomic mass is 10.2. The number of aryl methyl sites for hydroxylation is 1. The molecule has 0 fully saturated rings. The van der Waals surface area contributed by atoms with E-state index >= 15 is 0 Å². The third kappa shape index (κ3) is 5.99. The molecule has 0 aromatic heterocycles. The Labute approximate surface area is 198 Å². The van der Waals surface area contributed by atoms with Crippen LogP contribution in [-0.2, 0) is 36.3 Å². The number of rotatable bonds is 8. The van der Waals surface area contributed by atoms with E-state index in [9.17, 15) is 25.3 Å². The number of hydrogen-bond donors (Lipinski definition) is 2. The zero-order valence-electron chi connectivity index (χ0n) is 17.4. The van der Waals surface area contributed by atoms with Crippen LogP contribution < -0.4 is 9.86 Å². The molecule has 0 amide bonds. The van der Waals surface area contributed by atoms with Gasteiger partial charge in [-0.1, -0.05) is 29.8 Å². The molecule has 3 N–H and O–H groups in total. The predicted octanol–water partition coefficient (Wildman–Crippen LogP) is 2.65. The highest BCUT2D eigenvalue weighted by molar-refractivity contribution is 7.91. The maximum Gasteiger partial charge on any atom is 0.240 e. The number of hydrogen-bond acceptors (Lipinski definition) is 6. The van der Waals surface area contributed by atoms with Crippen molar-refractivity contribution in [1.82, 2.24) is 4.72 Å². The topological polar surface area (TPSA) is 140 Å². The van der Waals surface area contributed by atoms with Crippen molar-refractivity contribution in [3.63, 3.8) is 0 Å². The number of benzene rings is 3. The van der Waals surface area contributed by atoms with Crippen molar-refractivity contribution in [3.8, 4) is 0 Å². The summed E-state index contributed by atoms with van der Waals surface area (Å²) in [5, 5.41) is 5.44. The number of primary sulfonamides is 1. The zero-order chi connectivity index (χ0) is 24.4. The Balaban J connectivity index is 1.80. The van der Waals surface area contributed by atoms with Crippen LogP contribution in [0.4, 0.5) is 0 Å². The molecule has 0 bridgehead atoms. The van der Waals surface area contributed by atoms with E-state index in [1.165, 1.54) is 48.5 Å². The van der Waals surface area contributed by atoms with Gasteiger partial charge < -0.3 is 0 Å². The van der Waals surface area contributed by atoms with Gasteiger partial charge >= 0.3 is 0 Å². The fraction of sp³-hybridized carbons (Fsp3) is 0.143. The smallest absolute Gasteiger partial charge is 0.225 e. The Bertz CT molecular complexity index is 1480. The van der Waals surface area contributed by atoms with E-state index in [4.69, 9.17) is 16.7 Å². The Morgan fingerprint density at radius 3 is 1.91 bits per heavy atom. The summed E-state index contributed by atoms with van der Waals surface area (Å²) in [5.74, 6) is 0. The molecule has 3 aromatic rings. The van der Waals surface area contributed by atoms with Crippen LogP contribution in [0.15, 0.2) is 86.3 Å². The first kappa shape index (κ1) is 25.3. The first-order chi connectivity index (χ1) is 15.3.